The van der Waals surface area contributed by atoms with Crippen molar-refractivity contribution in [3.8, 4) is 22.2 Å². The Bertz CT molecular complexity index is 1620. The van der Waals surface area contributed by atoms with Crippen LogP contribution >= 0.6 is 34.5 Å². The van der Waals surface area contributed by atoms with Gasteiger partial charge in [-0.3, -0.25) is 5.32 Å². The van der Waals surface area contributed by atoms with Crippen LogP contribution in [0.3, 0.4) is 0 Å². The number of aromatic nitrogens is 4. The van der Waals surface area contributed by atoms with Gasteiger partial charge in [0.15, 0.2) is 11.6 Å². The zero-order valence-corrected chi connectivity index (χ0v) is 21.2. The second kappa shape index (κ2) is 9.80. The highest BCUT2D eigenvalue weighted by Gasteiger charge is 2.20. The second-order valence-corrected chi connectivity index (χ2v) is 9.89. The number of nitrogens with one attached hydrogen (secondary N) is 1. The molecule has 0 spiro atoms. The predicted octanol–water partition coefficient (Wildman–Crippen LogP) is 6.18. The summed E-state index contributed by atoms with van der Waals surface area (Å²) < 4.78 is 30.7. The lowest BCUT2D eigenvalue weighted by atomic mass is 10.1. The van der Waals surface area contributed by atoms with E-state index in [1.54, 1.807) is 12.1 Å². The lowest BCUT2D eigenvalue weighted by Gasteiger charge is -2.07. The highest BCUT2D eigenvalue weighted by molar-refractivity contribution is 7.21. The number of methoxy groups -OCH3 is 1. The van der Waals surface area contributed by atoms with Crippen LogP contribution in [0, 0.1) is 12.7 Å². The molecule has 1 amide bonds. The van der Waals surface area contributed by atoms with E-state index in [-0.39, 0.29) is 17.4 Å². The molecular formula is C23H17ClFN5O4S2. The third-order valence-electron chi connectivity index (χ3n) is 5.15. The van der Waals surface area contributed by atoms with Crippen LogP contribution < -0.4 is 14.8 Å². The fourth-order valence-corrected chi connectivity index (χ4v) is 5.57. The number of anilines is 1. The molecule has 0 bridgehead atoms. The second-order valence-electron chi connectivity index (χ2n) is 7.67. The number of ether oxygens (including phenoxy) is 2. The summed E-state index contributed by atoms with van der Waals surface area (Å²) in [6, 6.07) is 7.03. The summed E-state index contributed by atoms with van der Waals surface area (Å²) in [5.74, 6) is -0.297. The van der Waals surface area contributed by atoms with Crippen molar-refractivity contribution < 1.29 is 23.8 Å². The number of hydrogen-bond donors (Lipinski definition) is 2. The number of nitrogens with zero attached hydrogens (tertiary/aromatic N) is 4. The third-order valence-corrected chi connectivity index (χ3v) is 7.27. The summed E-state index contributed by atoms with van der Waals surface area (Å²) in [5.41, 5.74) is 3.99. The summed E-state index contributed by atoms with van der Waals surface area (Å²) in [7, 11) is 1.53. The molecule has 2 N–H and O–H groups in total. The van der Waals surface area contributed by atoms with E-state index in [4.69, 9.17) is 26.2 Å². The van der Waals surface area contributed by atoms with E-state index in [0.717, 1.165) is 22.7 Å². The Kier molecular flexibility index (Phi) is 6.56. The van der Waals surface area contributed by atoms with Gasteiger partial charge in [0, 0.05) is 18.1 Å². The van der Waals surface area contributed by atoms with Gasteiger partial charge in [0.1, 0.15) is 20.5 Å². The molecule has 9 nitrogen and oxygen atoms in total. The molecule has 0 saturated heterocycles. The zero-order chi connectivity index (χ0) is 25.4. The summed E-state index contributed by atoms with van der Waals surface area (Å²) in [6.07, 6.45) is 0.731. The average Bonchev–Trinajstić information content (AvgIpc) is 3.47. The Morgan fingerprint density at radius 2 is 2.06 bits per heavy atom. The summed E-state index contributed by atoms with van der Waals surface area (Å²) in [6.45, 7) is 2.07. The van der Waals surface area contributed by atoms with E-state index in [9.17, 15) is 9.18 Å². The summed E-state index contributed by atoms with van der Waals surface area (Å²) in [5, 5.41) is 11.9. The summed E-state index contributed by atoms with van der Waals surface area (Å²) in [4.78, 5) is 24.3. The molecule has 184 valence electrons. The number of fused-ring (bicyclic) bond motifs is 2. The van der Waals surface area contributed by atoms with Crippen LogP contribution in [0.2, 0.25) is 5.02 Å². The van der Waals surface area contributed by atoms with E-state index in [2.05, 4.69) is 24.6 Å². The molecule has 13 heteroatoms. The maximum atomic E-state index is 15.0. The van der Waals surface area contributed by atoms with Crippen molar-refractivity contribution in [1.29, 1.82) is 0 Å². The van der Waals surface area contributed by atoms with Gasteiger partial charge < -0.3 is 14.6 Å². The number of carboxylic acid groups (broad SMARTS) is 1. The normalized spacial score (nSPS) is 11.2. The van der Waals surface area contributed by atoms with Gasteiger partial charge in [0.2, 0.25) is 5.88 Å². The van der Waals surface area contributed by atoms with Crippen molar-refractivity contribution in [2.24, 2.45) is 0 Å². The number of hydrogen-bond acceptors (Lipinski definition) is 9. The molecule has 0 atom stereocenters. The number of aryl methyl sites for hydroxylation is 1. The number of thiazole rings is 1. The topological polar surface area (TPSA) is 119 Å². The molecule has 3 heterocycles. The fraction of sp³-hybridized carbons (Fsp3) is 0.174. The van der Waals surface area contributed by atoms with E-state index >= 15 is 0 Å². The van der Waals surface area contributed by atoms with Gasteiger partial charge in [-0.25, -0.2) is 24.1 Å². The van der Waals surface area contributed by atoms with Crippen LogP contribution in [0.1, 0.15) is 11.3 Å². The maximum Gasteiger partial charge on any atom is 0.409 e. The Morgan fingerprint density at radius 3 is 2.83 bits per heavy atom. The van der Waals surface area contributed by atoms with Gasteiger partial charge in [-0.1, -0.05) is 11.6 Å². The van der Waals surface area contributed by atoms with Crippen LogP contribution in [0.25, 0.3) is 31.8 Å². The Hall–Kier alpha value is -3.61. The quantitative estimate of drug-likeness (QED) is 0.249. The van der Waals surface area contributed by atoms with E-state index in [1.807, 2.05) is 19.1 Å². The van der Waals surface area contributed by atoms with E-state index in [0.29, 0.717) is 49.3 Å². The van der Waals surface area contributed by atoms with Crippen LogP contribution in [0.5, 0.6) is 11.6 Å². The van der Waals surface area contributed by atoms with Crippen molar-refractivity contribution in [1.82, 2.24) is 19.3 Å². The predicted molar refractivity (Wildman–Crippen MR) is 137 cm³/mol. The van der Waals surface area contributed by atoms with Gasteiger partial charge in [-0.15, -0.1) is 11.3 Å². The van der Waals surface area contributed by atoms with Crippen molar-refractivity contribution in [2.45, 2.75) is 13.3 Å². The molecule has 0 aliphatic carbocycles. The molecule has 0 radical (unpaired) electrons. The van der Waals surface area contributed by atoms with Crippen LogP contribution in [-0.4, -0.2) is 44.2 Å². The first kappa shape index (κ1) is 24.1. The number of halogens is 2. The molecule has 0 saturated carbocycles. The van der Waals surface area contributed by atoms with Gasteiger partial charge in [-0.2, -0.15) is 4.37 Å². The molecular weight excluding hydrogens is 529 g/mol. The zero-order valence-electron chi connectivity index (χ0n) is 18.8. The smallest absolute Gasteiger partial charge is 0.409 e. The molecule has 5 aromatic rings. The van der Waals surface area contributed by atoms with Gasteiger partial charge in [0.05, 0.1) is 41.3 Å². The van der Waals surface area contributed by atoms with Crippen molar-refractivity contribution >= 4 is 66.8 Å². The number of benzene rings is 2. The SMILES string of the molecule is COc1cnc2c(-c3nc4c(Cl)c(F)c(OCCc5cc(NC(=O)O)sn5)cc4s3)cc(C)cc2n1. The van der Waals surface area contributed by atoms with Gasteiger partial charge in [0.25, 0.3) is 0 Å². The molecule has 5 rings (SSSR count). The van der Waals surface area contributed by atoms with Crippen LogP contribution in [0.4, 0.5) is 14.2 Å². The number of carbonyl (C=O) groups is 1. The minimum atomic E-state index is -1.17. The van der Waals surface area contributed by atoms with Crippen molar-refractivity contribution in [3.05, 3.63) is 52.6 Å². The largest absolute Gasteiger partial charge is 0.490 e. The first-order chi connectivity index (χ1) is 17.3. The minimum absolute atomic E-state index is 0.000410. The monoisotopic (exact) mass is 545 g/mol. The molecule has 3 aromatic heterocycles. The number of amides is 1. The minimum Gasteiger partial charge on any atom is -0.490 e. The van der Waals surface area contributed by atoms with Crippen LogP contribution in [0.15, 0.2) is 30.5 Å². The maximum absolute atomic E-state index is 15.0. The van der Waals surface area contributed by atoms with Crippen LogP contribution in [-0.2, 0) is 6.42 Å². The molecule has 36 heavy (non-hydrogen) atoms. The lowest BCUT2D eigenvalue weighted by molar-refractivity contribution is 0.210. The molecule has 0 unspecified atom stereocenters. The lowest BCUT2D eigenvalue weighted by Crippen LogP contribution is -2.05. The Balaban J connectivity index is 1.43. The van der Waals surface area contributed by atoms with Gasteiger partial charge >= 0.3 is 6.09 Å². The summed E-state index contributed by atoms with van der Waals surface area (Å²) >= 11 is 8.70. The standard InChI is InChI=1S/C23H17ClFN5O4S2/c1-10-5-12(20-13(6-10)27-16(33-2)9-26-20)22-29-21-15(35-22)8-14(19(25)18(21)24)34-4-3-11-7-17(36-30-11)28-23(31)32/h5-9,28H,3-4H2,1-2H3,(H,31,32). The van der Waals surface area contributed by atoms with Crippen molar-refractivity contribution in [2.75, 3.05) is 19.0 Å². The highest BCUT2D eigenvalue weighted by Crippen LogP contribution is 2.40. The number of rotatable bonds is 7. The third kappa shape index (κ3) is 4.74. The Labute approximate surface area is 216 Å². The van der Waals surface area contributed by atoms with Gasteiger partial charge in [-0.05, 0) is 42.2 Å². The highest BCUT2D eigenvalue weighted by atomic mass is 35.5. The van der Waals surface area contributed by atoms with Crippen molar-refractivity contribution in [3.63, 3.8) is 0 Å². The first-order valence-electron chi connectivity index (χ1n) is 10.5. The van der Waals surface area contributed by atoms with E-state index in [1.165, 1.54) is 24.6 Å². The molecule has 0 fully saturated rings. The first-order valence-corrected chi connectivity index (χ1v) is 12.5. The van der Waals surface area contributed by atoms with E-state index < -0.39 is 11.9 Å². The molecule has 0 aliphatic heterocycles. The molecule has 2 aromatic carbocycles. The molecule has 0 aliphatic rings. The fourth-order valence-electron chi connectivity index (χ4n) is 3.57. The Morgan fingerprint density at radius 1 is 1.22 bits per heavy atom. The average molecular weight is 546 g/mol.